The lowest BCUT2D eigenvalue weighted by molar-refractivity contribution is -0.394. The fraction of sp³-hybridized carbons (Fsp3) is 0.400. The maximum absolute atomic E-state index is 10.2. The summed E-state index contributed by atoms with van der Waals surface area (Å²) in [6.07, 6.45) is 0. The Bertz CT molecular complexity index is 667. The predicted molar refractivity (Wildman–Crippen MR) is 107 cm³/mol. The fourth-order valence-electron chi connectivity index (χ4n) is 1.74. The first kappa shape index (κ1) is 24.2. The molecule has 0 fully saturated rings. The zero-order valence-electron chi connectivity index (χ0n) is 16.5. The molecule has 0 atom stereocenters. The van der Waals surface area contributed by atoms with Gasteiger partial charge in [-0.05, 0) is 43.9 Å². The molecule has 0 amide bonds. The highest BCUT2D eigenvalue weighted by molar-refractivity contribution is 5.42. The van der Waals surface area contributed by atoms with Crippen molar-refractivity contribution in [3.05, 3.63) is 79.9 Å². The second-order valence-corrected chi connectivity index (χ2v) is 6.17. The van der Waals surface area contributed by atoms with E-state index in [4.69, 9.17) is 4.74 Å². The van der Waals surface area contributed by atoms with Crippen molar-refractivity contribution in [1.82, 2.24) is 0 Å². The molecule has 0 heterocycles. The van der Waals surface area contributed by atoms with E-state index in [2.05, 4.69) is 52.0 Å². The molecule has 0 aliphatic rings. The third-order valence-corrected chi connectivity index (χ3v) is 3.33. The molecule has 7 heteroatoms. The number of non-ortho nitro benzene ring substituents is 2. The van der Waals surface area contributed by atoms with Crippen LogP contribution in [0.3, 0.4) is 0 Å². The van der Waals surface area contributed by atoms with Gasteiger partial charge in [0.2, 0.25) is 0 Å². The van der Waals surface area contributed by atoms with Crippen LogP contribution in [0.2, 0.25) is 0 Å². The fourth-order valence-corrected chi connectivity index (χ4v) is 1.74. The van der Waals surface area contributed by atoms with Gasteiger partial charge in [0.1, 0.15) is 0 Å². The monoisotopic (exact) mass is 376 g/mol. The lowest BCUT2D eigenvalue weighted by atomic mass is 10.1. The largest absolute Gasteiger partial charge is 0.381 e. The van der Waals surface area contributed by atoms with Crippen LogP contribution >= 0.6 is 0 Å². The molecule has 0 N–H and O–H groups in total. The smallest absolute Gasteiger partial charge is 0.276 e. The first-order valence-electron chi connectivity index (χ1n) is 8.67. The van der Waals surface area contributed by atoms with Crippen molar-refractivity contribution in [3.63, 3.8) is 0 Å². The van der Waals surface area contributed by atoms with Crippen LogP contribution in [0.1, 0.15) is 31.9 Å². The van der Waals surface area contributed by atoms with Gasteiger partial charge in [-0.2, -0.15) is 0 Å². The van der Waals surface area contributed by atoms with E-state index in [9.17, 15) is 20.2 Å². The summed E-state index contributed by atoms with van der Waals surface area (Å²) < 4.78 is 5.09. The predicted octanol–water partition coefficient (Wildman–Crippen LogP) is 5.49. The zero-order valence-corrected chi connectivity index (χ0v) is 16.5. The SMILES string of the molecule is CCOCC(C)C.Cc1ccccc1C.O=[N+]([O-])c1cccc([N+](=O)[O-])c1. The number of nitrogens with zero attached hydrogens (tertiary/aromatic N) is 2. The number of hydrogen-bond donors (Lipinski definition) is 0. The third kappa shape index (κ3) is 11.4. The Balaban J connectivity index is 0.000000395. The normalized spacial score (nSPS) is 9.56. The molecule has 2 aromatic carbocycles. The van der Waals surface area contributed by atoms with Gasteiger partial charge in [0.25, 0.3) is 11.4 Å². The summed E-state index contributed by atoms with van der Waals surface area (Å²) in [5.74, 6) is 0.681. The van der Waals surface area contributed by atoms with Gasteiger partial charge in [-0.3, -0.25) is 20.2 Å². The molecule has 27 heavy (non-hydrogen) atoms. The molecule has 0 aliphatic heterocycles. The van der Waals surface area contributed by atoms with Crippen molar-refractivity contribution in [2.45, 2.75) is 34.6 Å². The average molecular weight is 376 g/mol. The van der Waals surface area contributed by atoms with Crippen LogP contribution in [0.4, 0.5) is 11.4 Å². The van der Waals surface area contributed by atoms with E-state index < -0.39 is 9.85 Å². The summed E-state index contributed by atoms with van der Waals surface area (Å²) in [6, 6.07) is 13.0. The number of hydrogen-bond acceptors (Lipinski definition) is 5. The summed E-state index contributed by atoms with van der Waals surface area (Å²) in [4.78, 5) is 19.0. The molecule has 0 unspecified atom stereocenters. The van der Waals surface area contributed by atoms with E-state index in [0.29, 0.717) is 5.92 Å². The van der Waals surface area contributed by atoms with Gasteiger partial charge in [-0.1, -0.05) is 38.1 Å². The van der Waals surface area contributed by atoms with Crippen molar-refractivity contribution in [1.29, 1.82) is 0 Å². The van der Waals surface area contributed by atoms with E-state index in [1.165, 1.54) is 29.3 Å². The lowest BCUT2D eigenvalue weighted by Crippen LogP contribution is -2.00. The standard InChI is InChI=1S/C8H10.C6H4N2O4.C6H14O/c1-7-5-3-4-6-8(7)2;9-7(10)5-2-1-3-6(4-5)8(11)12;1-4-7-5-6(2)3/h3-6H,1-2H3;1-4H;6H,4-5H2,1-3H3. The first-order valence-corrected chi connectivity index (χ1v) is 8.67. The van der Waals surface area contributed by atoms with Crippen molar-refractivity contribution in [2.24, 2.45) is 5.92 Å². The van der Waals surface area contributed by atoms with E-state index in [1.54, 1.807) is 0 Å². The van der Waals surface area contributed by atoms with Gasteiger partial charge in [0.15, 0.2) is 0 Å². The second-order valence-electron chi connectivity index (χ2n) is 6.17. The van der Waals surface area contributed by atoms with Crippen molar-refractivity contribution >= 4 is 11.4 Å². The first-order chi connectivity index (χ1) is 12.7. The molecule has 0 aromatic heterocycles. The minimum atomic E-state index is -0.674. The van der Waals surface area contributed by atoms with E-state index in [-0.39, 0.29) is 11.4 Å². The molecule has 2 rings (SSSR count). The quantitative estimate of drug-likeness (QED) is 0.508. The van der Waals surface area contributed by atoms with Gasteiger partial charge >= 0.3 is 0 Å². The summed E-state index contributed by atoms with van der Waals surface area (Å²) in [6.45, 7) is 12.3. The topological polar surface area (TPSA) is 95.5 Å². The molecular weight excluding hydrogens is 348 g/mol. The maximum atomic E-state index is 10.2. The van der Waals surface area contributed by atoms with E-state index >= 15 is 0 Å². The van der Waals surface area contributed by atoms with Crippen LogP contribution < -0.4 is 0 Å². The van der Waals surface area contributed by atoms with Gasteiger partial charge in [0, 0.05) is 25.3 Å². The second kappa shape index (κ2) is 13.4. The Morgan fingerprint density at radius 2 is 1.33 bits per heavy atom. The minimum absolute atomic E-state index is 0.274. The Morgan fingerprint density at radius 3 is 1.59 bits per heavy atom. The van der Waals surface area contributed by atoms with Crippen LogP contribution in [-0.4, -0.2) is 23.1 Å². The van der Waals surface area contributed by atoms with Gasteiger partial charge in [0.05, 0.1) is 15.9 Å². The van der Waals surface area contributed by atoms with Crippen LogP contribution in [-0.2, 0) is 4.74 Å². The molecule has 0 aliphatic carbocycles. The van der Waals surface area contributed by atoms with Gasteiger partial charge in [-0.25, -0.2) is 0 Å². The van der Waals surface area contributed by atoms with Crippen LogP contribution in [0.15, 0.2) is 48.5 Å². The minimum Gasteiger partial charge on any atom is -0.381 e. The Morgan fingerprint density at radius 1 is 0.889 bits per heavy atom. The average Bonchev–Trinajstić information content (AvgIpc) is 2.63. The number of ether oxygens (including phenoxy) is 1. The van der Waals surface area contributed by atoms with Gasteiger partial charge in [-0.15, -0.1) is 0 Å². The highest BCUT2D eigenvalue weighted by Gasteiger charge is 2.11. The van der Waals surface area contributed by atoms with Gasteiger partial charge < -0.3 is 4.74 Å². The number of rotatable bonds is 5. The number of nitro benzene ring substituents is 2. The van der Waals surface area contributed by atoms with Crippen LogP contribution in [0.5, 0.6) is 0 Å². The molecule has 0 saturated heterocycles. The highest BCUT2D eigenvalue weighted by atomic mass is 16.6. The lowest BCUT2D eigenvalue weighted by Gasteiger charge is -2.01. The van der Waals surface area contributed by atoms with E-state index in [0.717, 1.165) is 19.3 Å². The Labute approximate surface area is 160 Å². The maximum Gasteiger partial charge on any atom is 0.276 e. The Hall–Kier alpha value is -2.80. The summed E-state index contributed by atoms with van der Waals surface area (Å²) in [7, 11) is 0. The van der Waals surface area contributed by atoms with Crippen LogP contribution in [0.25, 0.3) is 0 Å². The zero-order chi connectivity index (χ0) is 20.8. The molecule has 2 aromatic rings. The third-order valence-electron chi connectivity index (χ3n) is 3.33. The summed E-state index contributed by atoms with van der Waals surface area (Å²) >= 11 is 0. The number of nitro groups is 2. The van der Waals surface area contributed by atoms with Crippen molar-refractivity contribution in [2.75, 3.05) is 13.2 Å². The molecule has 0 bridgehead atoms. The molecule has 0 saturated carbocycles. The molecule has 148 valence electrons. The van der Waals surface area contributed by atoms with Crippen molar-refractivity contribution < 1.29 is 14.6 Å². The Kier molecular flexibility index (Phi) is 12.0. The van der Waals surface area contributed by atoms with E-state index in [1.807, 2.05) is 6.92 Å². The number of benzene rings is 2. The van der Waals surface area contributed by atoms with Crippen molar-refractivity contribution in [3.8, 4) is 0 Å². The molecule has 7 nitrogen and oxygen atoms in total. The summed E-state index contributed by atoms with van der Waals surface area (Å²) in [5, 5.41) is 20.3. The molecule has 0 radical (unpaired) electrons. The van der Waals surface area contributed by atoms with Crippen LogP contribution in [0, 0.1) is 40.0 Å². The molecular formula is C20H28N2O5. The number of aryl methyl sites for hydroxylation is 2. The summed E-state index contributed by atoms with van der Waals surface area (Å²) in [5.41, 5.74) is 2.19. The molecule has 0 spiro atoms. The highest BCUT2D eigenvalue weighted by Crippen LogP contribution is 2.18.